The number of ether oxygens (including phenoxy) is 1. The van der Waals surface area contributed by atoms with Gasteiger partial charge < -0.3 is 4.74 Å². The molecule has 2 aromatic rings. The van der Waals surface area contributed by atoms with Gasteiger partial charge in [0, 0.05) is 15.6 Å². The number of hydrogen-bond donors (Lipinski definition) is 0. The molecular formula is C13H9Cl3O. The first-order chi connectivity index (χ1) is 8.11. The lowest BCUT2D eigenvalue weighted by Crippen LogP contribution is -1.89. The predicted molar refractivity (Wildman–Crippen MR) is 73.5 cm³/mol. The molecule has 0 fully saturated rings. The van der Waals surface area contributed by atoms with Crippen LogP contribution in [0.3, 0.4) is 0 Å². The van der Waals surface area contributed by atoms with Crippen molar-refractivity contribution in [1.82, 2.24) is 0 Å². The van der Waals surface area contributed by atoms with Crippen molar-refractivity contribution >= 4 is 34.8 Å². The van der Waals surface area contributed by atoms with Crippen molar-refractivity contribution in [3.8, 4) is 16.9 Å². The highest BCUT2D eigenvalue weighted by Crippen LogP contribution is 2.38. The van der Waals surface area contributed by atoms with Gasteiger partial charge in [-0.2, -0.15) is 0 Å². The summed E-state index contributed by atoms with van der Waals surface area (Å²) in [6.07, 6.45) is 0. The van der Waals surface area contributed by atoms with Crippen molar-refractivity contribution in [2.24, 2.45) is 0 Å². The second-order valence-corrected chi connectivity index (χ2v) is 4.76. The lowest BCUT2D eigenvalue weighted by Gasteiger charge is -2.11. The van der Waals surface area contributed by atoms with Gasteiger partial charge in [0.1, 0.15) is 5.75 Å². The van der Waals surface area contributed by atoms with Crippen LogP contribution < -0.4 is 4.74 Å². The molecular weight excluding hydrogens is 279 g/mol. The first-order valence-corrected chi connectivity index (χ1v) is 6.04. The fraction of sp³-hybridized carbons (Fsp3) is 0.0769. The molecule has 2 aromatic carbocycles. The van der Waals surface area contributed by atoms with E-state index in [1.54, 1.807) is 31.4 Å². The van der Waals surface area contributed by atoms with Crippen molar-refractivity contribution in [3.05, 3.63) is 51.5 Å². The van der Waals surface area contributed by atoms with Crippen molar-refractivity contribution in [3.63, 3.8) is 0 Å². The van der Waals surface area contributed by atoms with E-state index in [9.17, 15) is 0 Å². The van der Waals surface area contributed by atoms with E-state index in [0.29, 0.717) is 20.8 Å². The van der Waals surface area contributed by atoms with E-state index >= 15 is 0 Å². The monoisotopic (exact) mass is 286 g/mol. The molecule has 0 aliphatic heterocycles. The molecule has 0 atom stereocenters. The summed E-state index contributed by atoms with van der Waals surface area (Å²) in [5.74, 6) is 0.691. The zero-order chi connectivity index (χ0) is 12.4. The van der Waals surface area contributed by atoms with Crippen molar-refractivity contribution in [2.45, 2.75) is 0 Å². The van der Waals surface area contributed by atoms with Crippen LogP contribution in [0.1, 0.15) is 0 Å². The van der Waals surface area contributed by atoms with E-state index < -0.39 is 0 Å². The molecule has 0 radical (unpaired) electrons. The van der Waals surface area contributed by atoms with Crippen LogP contribution >= 0.6 is 34.8 Å². The maximum atomic E-state index is 6.18. The van der Waals surface area contributed by atoms with Crippen molar-refractivity contribution in [2.75, 3.05) is 7.11 Å². The Balaban J connectivity index is 2.67. The average Bonchev–Trinajstić information content (AvgIpc) is 2.27. The zero-order valence-electron chi connectivity index (χ0n) is 9.01. The molecule has 1 nitrogen and oxygen atoms in total. The number of methoxy groups -OCH3 is 1. The summed E-state index contributed by atoms with van der Waals surface area (Å²) in [7, 11) is 1.60. The largest absolute Gasteiger partial charge is 0.496 e. The van der Waals surface area contributed by atoms with Gasteiger partial charge in [-0.25, -0.2) is 0 Å². The number of hydrogen-bond acceptors (Lipinski definition) is 1. The standard InChI is InChI=1S/C13H9Cl3O/c1-17-12-4-2-3-11(16)13(12)8-5-9(14)7-10(15)6-8/h2-7H,1H3. The van der Waals surface area contributed by atoms with Crippen LogP contribution in [0.15, 0.2) is 36.4 Å². The van der Waals surface area contributed by atoms with Crippen LogP contribution in [0, 0.1) is 0 Å². The molecule has 0 heterocycles. The molecule has 17 heavy (non-hydrogen) atoms. The Bertz CT molecular complexity index is 532. The van der Waals surface area contributed by atoms with E-state index in [1.807, 2.05) is 12.1 Å². The Morgan fingerprint density at radius 1 is 0.941 bits per heavy atom. The van der Waals surface area contributed by atoms with Gasteiger partial charge in [0.05, 0.1) is 12.1 Å². The Morgan fingerprint density at radius 2 is 1.59 bits per heavy atom. The second-order valence-electron chi connectivity index (χ2n) is 3.48. The summed E-state index contributed by atoms with van der Waals surface area (Å²) in [4.78, 5) is 0. The molecule has 4 heteroatoms. The number of benzene rings is 2. The van der Waals surface area contributed by atoms with Gasteiger partial charge in [-0.3, -0.25) is 0 Å². The first kappa shape index (κ1) is 12.6. The first-order valence-electron chi connectivity index (χ1n) is 4.91. The normalized spacial score (nSPS) is 10.4. The lowest BCUT2D eigenvalue weighted by atomic mass is 10.0. The third kappa shape index (κ3) is 2.68. The second kappa shape index (κ2) is 5.18. The fourth-order valence-electron chi connectivity index (χ4n) is 1.65. The van der Waals surface area contributed by atoms with Crippen molar-refractivity contribution in [1.29, 1.82) is 0 Å². The zero-order valence-corrected chi connectivity index (χ0v) is 11.3. The van der Waals surface area contributed by atoms with Crippen LogP contribution in [0.2, 0.25) is 15.1 Å². The molecule has 0 amide bonds. The maximum absolute atomic E-state index is 6.18. The smallest absolute Gasteiger partial charge is 0.128 e. The van der Waals surface area contributed by atoms with Gasteiger partial charge >= 0.3 is 0 Å². The predicted octanol–water partition coefficient (Wildman–Crippen LogP) is 5.32. The van der Waals surface area contributed by atoms with E-state index in [2.05, 4.69) is 0 Å². The van der Waals surface area contributed by atoms with Gasteiger partial charge in [0.25, 0.3) is 0 Å². The van der Waals surface area contributed by atoms with Crippen LogP contribution in [0.25, 0.3) is 11.1 Å². The lowest BCUT2D eigenvalue weighted by molar-refractivity contribution is 0.416. The number of rotatable bonds is 2. The molecule has 0 spiro atoms. The van der Waals surface area contributed by atoms with Crippen LogP contribution in [0.4, 0.5) is 0 Å². The Labute approximate surface area is 115 Å². The molecule has 0 unspecified atom stereocenters. The summed E-state index contributed by atoms with van der Waals surface area (Å²) >= 11 is 18.1. The highest BCUT2D eigenvalue weighted by atomic mass is 35.5. The minimum atomic E-state index is 0.564. The van der Waals surface area contributed by atoms with Crippen LogP contribution in [-0.4, -0.2) is 7.11 Å². The minimum Gasteiger partial charge on any atom is -0.496 e. The quantitative estimate of drug-likeness (QED) is 0.726. The average molecular weight is 288 g/mol. The molecule has 2 rings (SSSR count). The molecule has 0 N–H and O–H groups in total. The van der Waals surface area contributed by atoms with Gasteiger partial charge in [0.2, 0.25) is 0 Å². The fourth-order valence-corrected chi connectivity index (χ4v) is 2.45. The summed E-state index contributed by atoms with van der Waals surface area (Å²) in [5.41, 5.74) is 1.63. The molecule has 0 bridgehead atoms. The van der Waals surface area contributed by atoms with Gasteiger partial charge in [-0.05, 0) is 35.9 Å². The van der Waals surface area contributed by atoms with E-state index in [0.717, 1.165) is 11.1 Å². The maximum Gasteiger partial charge on any atom is 0.128 e. The Hall–Kier alpha value is -0.890. The summed E-state index contributed by atoms with van der Waals surface area (Å²) < 4.78 is 5.29. The van der Waals surface area contributed by atoms with Gasteiger partial charge in [-0.15, -0.1) is 0 Å². The van der Waals surface area contributed by atoms with E-state index in [1.165, 1.54) is 0 Å². The van der Waals surface area contributed by atoms with Gasteiger partial charge in [0.15, 0.2) is 0 Å². The summed E-state index contributed by atoms with van der Waals surface area (Å²) in [5, 5.41) is 1.73. The highest BCUT2D eigenvalue weighted by molar-refractivity contribution is 6.36. The third-order valence-electron chi connectivity index (χ3n) is 2.35. The van der Waals surface area contributed by atoms with Crippen LogP contribution in [0.5, 0.6) is 5.75 Å². The minimum absolute atomic E-state index is 0.564. The highest BCUT2D eigenvalue weighted by Gasteiger charge is 2.11. The van der Waals surface area contributed by atoms with E-state index in [4.69, 9.17) is 39.5 Å². The van der Waals surface area contributed by atoms with E-state index in [-0.39, 0.29) is 0 Å². The van der Waals surface area contributed by atoms with Crippen LogP contribution in [-0.2, 0) is 0 Å². The SMILES string of the molecule is COc1cccc(Cl)c1-c1cc(Cl)cc(Cl)c1. The number of halogens is 3. The molecule has 0 saturated heterocycles. The molecule has 0 aliphatic rings. The molecule has 0 saturated carbocycles. The Morgan fingerprint density at radius 3 is 2.18 bits per heavy atom. The van der Waals surface area contributed by atoms with Gasteiger partial charge in [-0.1, -0.05) is 40.9 Å². The topological polar surface area (TPSA) is 9.23 Å². The molecule has 0 aromatic heterocycles. The third-order valence-corrected chi connectivity index (χ3v) is 3.10. The van der Waals surface area contributed by atoms with Crippen molar-refractivity contribution < 1.29 is 4.74 Å². The Kier molecular flexibility index (Phi) is 3.82. The summed E-state index contributed by atoms with van der Waals surface area (Å²) in [6, 6.07) is 10.8. The molecule has 0 aliphatic carbocycles. The summed E-state index contributed by atoms with van der Waals surface area (Å²) in [6.45, 7) is 0. The molecule has 88 valence electrons.